The fraction of sp³-hybridized carbons (Fsp3) is 0.345. The van der Waals surface area contributed by atoms with E-state index in [2.05, 4.69) is 20.5 Å². The number of hydrogen-bond donors (Lipinski definition) is 2. The van der Waals surface area contributed by atoms with E-state index in [0.717, 1.165) is 55.3 Å². The largest absolute Gasteiger partial charge is 0.496 e. The van der Waals surface area contributed by atoms with Crippen molar-refractivity contribution in [1.29, 1.82) is 0 Å². The third-order valence-electron chi connectivity index (χ3n) is 7.54. The number of amides is 2. The average molecular weight is 521 g/mol. The number of pyridine rings is 1. The van der Waals surface area contributed by atoms with E-state index in [1.807, 2.05) is 31.2 Å². The van der Waals surface area contributed by atoms with E-state index in [1.54, 1.807) is 13.2 Å². The number of methoxy groups -OCH3 is 1. The molecule has 0 spiro atoms. The molecule has 2 aliphatic heterocycles. The highest BCUT2D eigenvalue weighted by Crippen LogP contribution is 2.38. The molecule has 38 heavy (non-hydrogen) atoms. The highest BCUT2D eigenvalue weighted by molar-refractivity contribution is 5.96. The molecule has 2 unspecified atom stereocenters. The summed E-state index contributed by atoms with van der Waals surface area (Å²) in [5, 5.41) is 5.83. The molecule has 2 aliphatic rings. The molecular weight excluding hydrogens is 490 g/mol. The number of rotatable bonds is 7. The van der Waals surface area contributed by atoms with Crippen LogP contribution in [0.5, 0.6) is 5.75 Å². The molecule has 3 heterocycles. The smallest absolute Gasteiger partial charge is 0.253 e. The second kappa shape index (κ2) is 10.8. The number of benzene rings is 2. The number of nitrogens with zero attached hydrogens (tertiary/aromatic N) is 2. The number of nitrogens with one attached hydrogen (secondary N) is 2. The van der Waals surface area contributed by atoms with Crippen LogP contribution in [0.25, 0.3) is 0 Å². The standard InChI is InChI=1S/C29H30F2N4O3/c1-17-24(4-3-5-26(17)38-2)29(37)34-21-13-22-8-9-23(14-21)35(22)27-11-6-18(15-32-27)28(36)33-16-19-12-20(30)7-10-25(19)31/h3-7,10-12,15,21-23H,8-9,13-14,16H2,1-2H3,(H,33,36)(H,34,37). The Morgan fingerprint density at radius 3 is 2.50 bits per heavy atom. The lowest BCUT2D eigenvalue weighted by atomic mass is 9.96. The van der Waals surface area contributed by atoms with Crippen LogP contribution >= 0.6 is 0 Å². The van der Waals surface area contributed by atoms with Gasteiger partial charge in [-0.2, -0.15) is 0 Å². The zero-order valence-corrected chi connectivity index (χ0v) is 21.3. The summed E-state index contributed by atoms with van der Waals surface area (Å²) in [5.74, 6) is -0.157. The molecular formula is C29H30F2N4O3. The summed E-state index contributed by atoms with van der Waals surface area (Å²) in [6.45, 7) is 1.76. The van der Waals surface area contributed by atoms with E-state index in [4.69, 9.17) is 4.74 Å². The molecule has 2 N–H and O–H groups in total. The number of hydrogen-bond acceptors (Lipinski definition) is 5. The van der Waals surface area contributed by atoms with Crippen molar-refractivity contribution >= 4 is 17.6 Å². The maximum absolute atomic E-state index is 13.8. The molecule has 2 aromatic carbocycles. The molecule has 0 aliphatic carbocycles. The molecule has 1 aromatic heterocycles. The van der Waals surface area contributed by atoms with E-state index < -0.39 is 17.5 Å². The number of halogens is 2. The Morgan fingerprint density at radius 2 is 1.82 bits per heavy atom. The van der Waals surface area contributed by atoms with Gasteiger partial charge in [0, 0.05) is 47.6 Å². The minimum Gasteiger partial charge on any atom is -0.496 e. The monoisotopic (exact) mass is 520 g/mol. The average Bonchev–Trinajstić information content (AvgIpc) is 3.19. The SMILES string of the molecule is COc1cccc(C(=O)NC2CC3CCC(C2)N3c2ccc(C(=O)NCc3cc(F)ccc3F)cn2)c1C. The van der Waals surface area contributed by atoms with Gasteiger partial charge in [0.2, 0.25) is 0 Å². The second-order valence-electron chi connectivity index (χ2n) is 9.89. The van der Waals surface area contributed by atoms with Crippen LogP contribution < -0.4 is 20.3 Å². The summed E-state index contributed by atoms with van der Waals surface area (Å²) in [7, 11) is 1.60. The first-order chi connectivity index (χ1) is 18.3. The van der Waals surface area contributed by atoms with Gasteiger partial charge in [0.1, 0.15) is 23.2 Å². The Bertz CT molecular complexity index is 1330. The van der Waals surface area contributed by atoms with Crippen LogP contribution in [0.15, 0.2) is 54.7 Å². The van der Waals surface area contributed by atoms with E-state index in [-0.39, 0.29) is 36.1 Å². The van der Waals surface area contributed by atoms with Gasteiger partial charge in [-0.3, -0.25) is 9.59 Å². The summed E-state index contributed by atoms with van der Waals surface area (Å²) in [4.78, 5) is 32.4. The van der Waals surface area contributed by atoms with Crippen molar-refractivity contribution in [2.24, 2.45) is 0 Å². The molecule has 7 nitrogen and oxygen atoms in total. The van der Waals surface area contributed by atoms with Crippen molar-refractivity contribution < 1.29 is 23.1 Å². The lowest BCUT2D eigenvalue weighted by Crippen LogP contribution is -2.50. The van der Waals surface area contributed by atoms with Gasteiger partial charge in [-0.05, 0) is 75.1 Å². The molecule has 5 rings (SSSR count). The zero-order valence-electron chi connectivity index (χ0n) is 21.3. The van der Waals surface area contributed by atoms with E-state index in [0.29, 0.717) is 16.9 Å². The molecule has 2 bridgehead atoms. The van der Waals surface area contributed by atoms with Gasteiger partial charge < -0.3 is 20.3 Å². The molecule has 2 atom stereocenters. The van der Waals surface area contributed by atoms with E-state index >= 15 is 0 Å². The number of aromatic nitrogens is 1. The molecule has 198 valence electrons. The number of carbonyl (C=O) groups excluding carboxylic acids is 2. The van der Waals surface area contributed by atoms with Crippen molar-refractivity contribution in [1.82, 2.24) is 15.6 Å². The Labute approximate surface area is 220 Å². The first-order valence-corrected chi connectivity index (χ1v) is 12.7. The lowest BCUT2D eigenvalue weighted by Gasteiger charge is -2.40. The summed E-state index contributed by atoms with van der Waals surface area (Å²) < 4.78 is 32.6. The van der Waals surface area contributed by atoms with Crippen LogP contribution in [0.3, 0.4) is 0 Å². The van der Waals surface area contributed by atoms with Crippen molar-refractivity contribution in [2.75, 3.05) is 12.0 Å². The van der Waals surface area contributed by atoms with E-state index in [1.165, 1.54) is 6.20 Å². The van der Waals surface area contributed by atoms with Gasteiger partial charge in [0.25, 0.3) is 11.8 Å². The summed E-state index contributed by atoms with van der Waals surface area (Å²) in [6, 6.07) is 12.7. The summed E-state index contributed by atoms with van der Waals surface area (Å²) in [6.07, 6.45) is 5.16. The van der Waals surface area contributed by atoms with Gasteiger partial charge in [-0.15, -0.1) is 0 Å². The van der Waals surface area contributed by atoms with Crippen molar-refractivity contribution in [3.05, 3.63) is 88.6 Å². The first-order valence-electron chi connectivity index (χ1n) is 12.7. The van der Waals surface area contributed by atoms with Crippen LogP contribution in [-0.2, 0) is 6.54 Å². The zero-order chi connectivity index (χ0) is 26.8. The van der Waals surface area contributed by atoms with E-state index in [9.17, 15) is 18.4 Å². The minimum absolute atomic E-state index is 0.0649. The van der Waals surface area contributed by atoms with Crippen LogP contribution in [0.4, 0.5) is 14.6 Å². The lowest BCUT2D eigenvalue weighted by molar-refractivity contribution is 0.0923. The number of anilines is 1. The van der Waals surface area contributed by atoms with Crippen molar-refractivity contribution in [2.45, 2.75) is 57.3 Å². The number of fused-ring (bicyclic) bond motifs is 2. The van der Waals surface area contributed by atoms with Crippen LogP contribution in [0.1, 0.15) is 57.5 Å². The summed E-state index contributed by atoms with van der Waals surface area (Å²) >= 11 is 0. The second-order valence-corrected chi connectivity index (χ2v) is 9.89. The predicted octanol–water partition coefficient (Wildman–Crippen LogP) is 4.54. The Hall–Kier alpha value is -4.01. The quantitative estimate of drug-likeness (QED) is 0.478. The van der Waals surface area contributed by atoms with Gasteiger partial charge in [-0.25, -0.2) is 13.8 Å². The van der Waals surface area contributed by atoms with Crippen LogP contribution in [0, 0.1) is 18.6 Å². The molecule has 2 amide bonds. The number of ether oxygens (including phenoxy) is 1. The highest BCUT2D eigenvalue weighted by atomic mass is 19.1. The normalized spacial score (nSPS) is 20.2. The van der Waals surface area contributed by atoms with Gasteiger partial charge in [-0.1, -0.05) is 6.07 Å². The Morgan fingerprint density at radius 1 is 1.05 bits per heavy atom. The molecule has 9 heteroatoms. The first kappa shape index (κ1) is 25.6. The minimum atomic E-state index is -0.575. The number of piperidine rings is 1. The third kappa shape index (κ3) is 5.18. The molecule has 3 aromatic rings. The molecule has 2 saturated heterocycles. The fourth-order valence-electron chi connectivity index (χ4n) is 5.64. The molecule has 0 radical (unpaired) electrons. The predicted molar refractivity (Wildman–Crippen MR) is 139 cm³/mol. The topological polar surface area (TPSA) is 83.6 Å². The maximum Gasteiger partial charge on any atom is 0.253 e. The third-order valence-corrected chi connectivity index (χ3v) is 7.54. The maximum atomic E-state index is 13.8. The Balaban J connectivity index is 1.20. The van der Waals surface area contributed by atoms with Crippen LogP contribution in [-0.4, -0.2) is 42.0 Å². The number of carbonyl (C=O) groups is 2. The fourth-order valence-corrected chi connectivity index (χ4v) is 5.64. The van der Waals surface area contributed by atoms with Gasteiger partial charge in [0.05, 0.1) is 12.7 Å². The highest BCUT2D eigenvalue weighted by Gasteiger charge is 2.42. The summed E-state index contributed by atoms with van der Waals surface area (Å²) in [5.41, 5.74) is 1.86. The van der Waals surface area contributed by atoms with Crippen molar-refractivity contribution in [3.8, 4) is 5.75 Å². The van der Waals surface area contributed by atoms with Crippen molar-refractivity contribution in [3.63, 3.8) is 0 Å². The molecule has 2 fully saturated rings. The van der Waals surface area contributed by atoms with Gasteiger partial charge >= 0.3 is 0 Å². The van der Waals surface area contributed by atoms with Crippen LogP contribution in [0.2, 0.25) is 0 Å². The molecule has 0 saturated carbocycles. The Kier molecular flexibility index (Phi) is 7.26. The van der Waals surface area contributed by atoms with Gasteiger partial charge in [0.15, 0.2) is 0 Å².